The summed E-state index contributed by atoms with van der Waals surface area (Å²) in [5, 5.41) is 13.0. The molecule has 3 N–H and O–H groups in total. The highest BCUT2D eigenvalue weighted by Crippen LogP contribution is 2.42. The molecule has 4 rings (SSSR count). The number of nitrogens with zero attached hydrogens (tertiary/aromatic N) is 3. The Morgan fingerprint density at radius 3 is 2.64 bits per heavy atom. The zero-order valence-electron chi connectivity index (χ0n) is 14.9. The second-order valence-electron chi connectivity index (χ2n) is 6.52. The Hall–Kier alpha value is -2.65. The number of amides is 3. The maximum Gasteiger partial charge on any atom is 0.318 e. The summed E-state index contributed by atoms with van der Waals surface area (Å²) in [6.45, 7) is 0. The quantitative estimate of drug-likeness (QED) is 0.579. The van der Waals surface area contributed by atoms with E-state index in [2.05, 4.69) is 26.1 Å². The number of urea groups is 1. The minimum absolute atomic E-state index is 0.364. The normalized spacial score (nSPS) is 14.6. The third kappa shape index (κ3) is 4.26. The summed E-state index contributed by atoms with van der Waals surface area (Å²) < 4.78 is 2.14. The van der Waals surface area contributed by atoms with E-state index in [4.69, 9.17) is 5.73 Å². The van der Waals surface area contributed by atoms with Crippen molar-refractivity contribution in [1.82, 2.24) is 20.1 Å². The average molecular weight is 414 g/mol. The summed E-state index contributed by atoms with van der Waals surface area (Å²) in [5.41, 5.74) is 5.93. The van der Waals surface area contributed by atoms with Gasteiger partial charge in [0.1, 0.15) is 11.1 Å². The largest absolute Gasteiger partial charge is 0.351 e. The lowest BCUT2D eigenvalue weighted by Crippen LogP contribution is -2.37. The van der Waals surface area contributed by atoms with Crippen molar-refractivity contribution in [3.63, 3.8) is 0 Å². The van der Waals surface area contributed by atoms with Gasteiger partial charge in [-0.25, -0.2) is 4.79 Å². The maximum atomic E-state index is 12.6. The summed E-state index contributed by atoms with van der Waals surface area (Å²) in [5.74, 6) is 0.434. The van der Waals surface area contributed by atoms with Crippen LogP contribution >= 0.6 is 23.1 Å². The molecule has 2 aromatic heterocycles. The number of thiophene rings is 1. The highest BCUT2D eigenvalue weighted by Gasteiger charge is 2.32. The van der Waals surface area contributed by atoms with Crippen molar-refractivity contribution in [3.05, 3.63) is 64.1 Å². The van der Waals surface area contributed by atoms with Crippen LogP contribution in [0.2, 0.25) is 0 Å². The number of carbonyl (C=O) groups excluding carboxylic acids is 2. The van der Waals surface area contributed by atoms with Crippen LogP contribution in [0.4, 0.5) is 4.79 Å². The molecular formula is C19H19N5O2S2. The molecule has 3 aromatic rings. The Labute approximate surface area is 170 Å². The van der Waals surface area contributed by atoms with E-state index in [1.165, 1.54) is 16.6 Å². The van der Waals surface area contributed by atoms with Crippen molar-refractivity contribution in [1.29, 1.82) is 0 Å². The Bertz CT molecular complexity index is 968. The van der Waals surface area contributed by atoms with Gasteiger partial charge in [0, 0.05) is 17.3 Å². The predicted molar refractivity (Wildman–Crippen MR) is 108 cm³/mol. The molecule has 1 aromatic carbocycles. The molecule has 0 bridgehead atoms. The monoisotopic (exact) mass is 413 g/mol. The van der Waals surface area contributed by atoms with Crippen LogP contribution in [0, 0.1) is 0 Å². The van der Waals surface area contributed by atoms with Gasteiger partial charge >= 0.3 is 6.03 Å². The number of imide groups is 1. The van der Waals surface area contributed by atoms with Gasteiger partial charge in [-0.05, 0) is 29.9 Å². The van der Waals surface area contributed by atoms with Crippen LogP contribution < -0.4 is 11.1 Å². The van der Waals surface area contributed by atoms with E-state index < -0.39 is 17.2 Å². The predicted octanol–water partition coefficient (Wildman–Crippen LogP) is 3.29. The van der Waals surface area contributed by atoms with Gasteiger partial charge in [0.2, 0.25) is 5.91 Å². The zero-order chi connectivity index (χ0) is 19.5. The fourth-order valence-corrected chi connectivity index (χ4v) is 4.80. The molecule has 0 aliphatic heterocycles. The van der Waals surface area contributed by atoms with Gasteiger partial charge in [-0.1, -0.05) is 48.2 Å². The zero-order valence-corrected chi connectivity index (χ0v) is 16.6. The molecule has 9 heteroatoms. The summed E-state index contributed by atoms with van der Waals surface area (Å²) in [4.78, 5) is 25.1. The van der Waals surface area contributed by atoms with Crippen molar-refractivity contribution in [2.24, 2.45) is 5.73 Å². The second kappa shape index (κ2) is 8.15. The first-order valence-electron chi connectivity index (χ1n) is 8.90. The number of benzene rings is 1. The summed E-state index contributed by atoms with van der Waals surface area (Å²) >= 11 is 2.98. The van der Waals surface area contributed by atoms with E-state index in [-0.39, 0.29) is 0 Å². The van der Waals surface area contributed by atoms with Gasteiger partial charge in [-0.2, -0.15) is 0 Å². The number of nitrogens with two attached hydrogens (primary N) is 1. The van der Waals surface area contributed by atoms with E-state index in [9.17, 15) is 9.59 Å². The number of nitrogens with one attached hydrogen (secondary N) is 1. The molecule has 28 heavy (non-hydrogen) atoms. The molecule has 1 atom stereocenters. The second-order valence-corrected chi connectivity index (χ2v) is 8.62. The van der Waals surface area contributed by atoms with Crippen LogP contribution in [-0.2, 0) is 11.2 Å². The Balaban J connectivity index is 1.64. The van der Waals surface area contributed by atoms with Crippen LogP contribution in [0.15, 0.2) is 53.0 Å². The van der Waals surface area contributed by atoms with Crippen molar-refractivity contribution in [2.75, 3.05) is 0 Å². The number of carbonyl (C=O) groups is 2. The average Bonchev–Trinajstić information content (AvgIpc) is 3.23. The maximum absolute atomic E-state index is 12.6. The molecule has 7 nitrogen and oxygen atoms in total. The Morgan fingerprint density at radius 2 is 2.00 bits per heavy atom. The van der Waals surface area contributed by atoms with Crippen LogP contribution in [0.3, 0.4) is 0 Å². The van der Waals surface area contributed by atoms with Gasteiger partial charge in [0.05, 0.1) is 0 Å². The van der Waals surface area contributed by atoms with Crippen molar-refractivity contribution >= 4 is 35.0 Å². The highest BCUT2D eigenvalue weighted by atomic mass is 32.2. The number of rotatable bonds is 7. The summed E-state index contributed by atoms with van der Waals surface area (Å²) in [7, 11) is 0. The smallest absolute Gasteiger partial charge is 0.318 e. The minimum atomic E-state index is -0.867. The molecule has 0 radical (unpaired) electrons. The molecule has 144 valence electrons. The first kappa shape index (κ1) is 18.7. The molecule has 1 saturated carbocycles. The number of hydrogen-bond acceptors (Lipinski definition) is 6. The third-order valence-corrected chi connectivity index (χ3v) is 6.46. The standard InChI is InChI=1S/C19H19N5O2S2/c20-18(26)21-17(25)16(12-5-2-1-3-6-12)28-19-23-22-15(24(19)13-8-9-13)11-14-7-4-10-27-14/h1-7,10,13,16H,8-9,11H2,(H3,20,21,25,26)/t16-/m1/s1. The molecule has 1 aliphatic carbocycles. The number of primary amides is 1. The number of hydrogen-bond donors (Lipinski definition) is 2. The van der Waals surface area contributed by atoms with E-state index in [0.717, 1.165) is 24.2 Å². The van der Waals surface area contributed by atoms with Gasteiger partial charge in [0.15, 0.2) is 5.16 Å². The first-order valence-corrected chi connectivity index (χ1v) is 10.7. The van der Waals surface area contributed by atoms with Crippen LogP contribution in [-0.4, -0.2) is 26.7 Å². The van der Waals surface area contributed by atoms with Crippen LogP contribution in [0.25, 0.3) is 0 Å². The van der Waals surface area contributed by atoms with Crippen molar-refractivity contribution in [2.45, 2.75) is 35.7 Å². The SMILES string of the molecule is NC(=O)NC(=O)[C@H](Sc1nnc(Cc2cccs2)n1C1CC1)c1ccccc1. The third-order valence-electron chi connectivity index (χ3n) is 4.37. The van der Waals surface area contributed by atoms with Crippen LogP contribution in [0.5, 0.6) is 0 Å². The van der Waals surface area contributed by atoms with Gasteiger partial charge in [-0.15, -0.1) is 21.5 Å². The minimum Gasteiger partial charge on any atom is -0.351 e. The van der Waals surface area contributed by atoms with Crippen molar-refractivity contribution < 1.29 is 9.59 Å². The molecule has 0 saturated heterocycles. The molecule has 1 fully saturated rings. The number of thioether (sulfide) groups is 1. The molecule has 2 heterocycles. The van der Waals surface area contributed by atoms with E-state index in [1.807, 2.05) is 41.8 Å². The molecule has 1 aliphatic rings. The lowest BCUT2D eigenvalue weighted by atomic mass is 10.1. The number of aromatic nitrogens is 3. The lowest BCUT2D eigenvalue weighted by Gasteiger charge is -2.16. The molecule has 3 amide bonds. The van der Waals surface area contributed by atoms with Gasteiger partial charge < -0.3 is 10.3 Å². The summed E-state index contributed by atoms with van der Waals surface area (Å²) in [6, 6.07) is 12.9. The summed E-state index contributed by atoms with van der Waals surface area (Å²) in [6.07, 6.45) is 2.87. The molecular weight excluding hydrogens is 394 g/mol. The van der Waals surface area contributed by atoms with Gasteiger partial charge in [0.25, 0.3) is 0 Å². The lowest BCUT2D eigenvalue weighted by molar-refractivity contribution is -0.119. The van der Waals surface area contributed by atoms with E-state index in [0.29, 0.717) is 17.6 Å². The Morgan fingerprint density at radius 1 is 1.21 bits per heavy atom. The first-order chi connectivity index (χ1) is 13.6. The molecule has 0 spiro atoms. The fourth-order valence-electron chi connectivity index (χ4n) is 2.97. The Kier molecular flexibility index (Phi) is 5.45. The van der Waals surface area contributed by atoms with E-state index in [1.54, 1.807) is 11.3 Å². The topological polar surface area (TPSA) is 103 Å². The van der Waals surface area contributed by atoms with Crippen LogP contribution in [0.1, 0.15) is 40.4 Å². The molecule has 0 unspecified atom stereocenters. The fraction of sp³-hybridized carbons (Fsp3) is 0.263. The van der Waals surface area contributed by atoms with E-state index >= 15 is 0 Å². The van der Waals surface area contributed by atoms with Crippen molar-refractivity contribution in [3.8, 4) is 0 Å². The van der Waals surface area contributed by atoms with Gasteiger partial charge in [-0.3, -0.25) is 10.1 Å². The highest BCUT2D eigenvalue weighted by molar-refractivity contribution is 8.00.